The van der Waals surface area contributed by atoms with Crippen molar-refractivity contribution in [3.63, 3.8) is 0 Å². The second-order valence-corrected chi connectivity index (χ2v) is 5.20. The number of halogens is 2. The zero-order valence-corrected chi connectivity index (χ0v) is 11.3. The van der Waals surface area contributed by atoms with Crippen molar-refractivity contribution < 1.29 is 13.9 Å². The van der Waals surface area contributed by atoms with Crippen molar-refractivity contribution in [2.45, 2.75) is 52.4 Å². The summed E-state index contributed by atoms with van der Waals surface area (Å²) >= 11 is 0. The molecule has 0 heterocycles. The zero-order valence-electron chi connectivity index (χ0n) is 11.3. The van der Waals surface area contributed by atoms with Crippen LogP contribution in [0.2, 0.25) is 0 Å². The summed E-state index contributed by atoms with van der Waals surface area (Å²) in [5.41, 5.74) is 2.31. The number of hydrogen-bond acceptors (Lipinski definition) is 1. The van der Waals surface area contributed by atoms with Gasteiger partial charge in [0.2, 0.25) is 6.43 Å². The zero-order chi connectivity index (χ0) is 13.5. The Balaban J connectivity index is 2.56. The third-order valence-electron chi connectivity index (χ3n) is 3.86. The van der Waals surface area contributed by atoms with Crippen molar-refractivity contribution in [1.29, 1.82) is 0 Å². The van der Waals surface area contributed by atoms with Crippen molar-refractivity contribution >= 4 is 0 Å². The minimum absolute atomic E-state index is 0.100. The molecule has 0 fully saturated rings. The molecule has 0 aromatic rings. The van der Waals surface area contributed by atoms with E-state index in [1.165, 1.54) is 5.57 Å². The Hall–Kier alpha value is -0.700. The van der Waals surface area contributed by atoms with E-state index in [9.17, 15) is 8.78 Å². The molecule has 1 N–H and O–H groups in total. The fourth-order valence-corrected chi connectivity index (χ4v) is 2.46. The number of rotatable bonds is 6. The number of hydrogen-bond donors (Lipinski definition) is 1. The predicted octanol–water partition coefficient (Wildman–Crippen LogP) is 4.33. The maximum absolute atomic E-state index is 12.6. The maximum atomic E-state index is 12.6. The van der Waals surface area contributed by atoms with Crippen molar-refractivity contribution in [1.82, 2.24) is 0 Å². The molecule has 0 saturated heterocycles. The standard InChI is InChI=1S/C15H24F2O/c1-3-12(5-4-11(2)10-18)13-6-8-14(9-7-13)15(16)17/h4,6,12,14-15,18H,3,5,7-10H2,1-2H3/b11-4+. The minimum atomic E-state index is -2.18. The molecule has 0 radical (unpaired) electrons. The molecule has 3 heteroatoms. The van der Waals surface area contributed by atoms with E-state index in [-0.39, 0.29) is 6.61 Å². The van der Waals surface area contributed by atoms with Gasteiger partial charge in [-0.25, -0.2) is 8.78 Å². The van der Waals surface area contributed by atoms with Crippen LogP contribution in [0.3, 0.4) is 0 Å². The molecule has 1 aliphatic rings. The number of aliphatic hydroxyl groups is 1. The summed E-state index contributed by atoms with van der Waals surface area (Å²) < 4.78 is 25.1. The third-order valence-corrected chi connectivity index (χ3v) is 3.86. The fourth-order valence-electron chi connectivity index (χ4n) is 2.46. The molecule has 0 spiro atoms. The first-order valence-electron chi connectivity index (χ1n) is 6.82. The van der Waals surface area contributed by atoms with Crippen molar-refractivity contribution in [3.05, 3.63) is 23.3 Å². The van der Waals surface area contributed by atoms with E-state index in [4.69, 9.17) is 5.11 Å². The van der Waals surface area contributed by atoms with Crippen molar-refractivity contribution in [2.24, 2.45) is 11.8 Å². The number of alkyl halides is 2. The molecule has 0 bridgehead atoms. The monoisotopic (exact) mass is 258 g/mol. The molecule has 0 aromatic heterocycles. The van der Waals surface area contributed by atoms with Crippen LogP contribution in [0.15, 0.2) is 23.3 Å². The first-order valence-corrected chi connectivity index (χ1v) is 6.82. The van der Waals surface area contributed by atoms with E-state index in [2.05, 4.69) is 13.0 Å². The molecule has 1 rings (SSSR count). The van der Waals surface area contributed by atoms with Crippen LogP contribution in [0.1, 0.15) is 46.0 Å². The molecule has 0 aromatic carbocycles. The van der Waals surface area contributed by atoms with Gasteiger partial charge in [0.25, 0.3) is 0 Å². The smallest absolute Gasteiger partial charge is 0.241 e. The Morgan fingerprint density at radius 1 is 1.56 bits per heavy atom. The molecule has 18 heavy (non-hydrogen) atoms. The highest BCUT2D eigenvalue weighted by atomic mass is 19.3. The van der Waals surface area contributed by atoms with Gasteiger partial charge in [0.15, 0.2) is 0 Å². The normalized spacial score (nSPS) is 23.1. The van der Waals surface area contributed by atoms with Crippen molar-refractivity contribution in [2.75, 3.05) is 6.61 Å². The first kappa shape index (κ1) is 15.4. The second-order valence-electron chi connectivity index (χ2n) is 5.20. The highest BCUT2D eigenvalue weighted by molar-refractivity contribution is 5.13. The summed E-state index contributed by atoms with van der Waals surface area (Å²) in [7, 11) is 0. The molecule has 1 aliphatic carbocycles. The Bertz CT molecular complexity index is 308. The largest absolute Gasteiger partial charge is 0.392 e. The van der Waals surface area contributed by atoms with Gasteiger partial charge in [-0.2, -0.15) is 0 Å². The van der Waals surface area contributed by atoms with Gasteiger partial charge in [0.05, 0.1) is 6.61 Å². The lowest BCUT2D eigenvalue weighted by molar-refractivity contribution is 0.0707. The van der Waals surface area contributed by atoms with Gasteiger partial charge < -0.3 is 5.11 Å². The Morgan fingerprint density at radius 3 is 2.72 bits per heavy atom. The van der Waals surface area contributed by atoms with Crippen LogP contribution in [0.4, 0.5) is 8.78 Å². The average Bonchev–Trinajstić information content (AvgIpc) is 2.39. The van der Waals surface area contributed by atoms with Crippen LogP contribution in [-0.2, 0) is 0 Å². The van der Waals surface area contributed by atoms with Crippen LogP contribution in [0.5, 0.6) is 0 Å². The topological polar surface area (TPSA) is 20.2 Å². The van der Waals surface area contributed by atoms with Crippen LogP contribution in [-0.4, -0.2) is 18.1 Å². The molecule has 2 unspecified atom stereocenters. The number of allylic oxidation sites excluding steroid dienone is 3. The van der Waals surface area contributed by atoms with Gasteiger partial charge in [0, 0.05) is 5.92 Å². The van der Waals surface area contributed by atoms with E-state index in [0.717, 1.165) is 24.8 Å². The van der Waals surface area contributed by atoms with Gasteiger partial charge in [-0.3, -0.25) is 0 Å². The van der Waals surface area contributed by atoms with Crippen LogP contribution >= 0.6 is 0 Å². The van der Waals surface area contributed by atoms with Gasteiger partial charge in [-0.05, 0) is 44.9 Å². The first-order chi connectivity index (χ1) is 8.58. The van der Waals surface area contributed by atoms with E-state index >= 15 is 0 Å². The van der Waals surface area contributed by atoms with E-state index in [1.54, 1.807) is 0 Å². The third kappa shape index (κ3) is 4.52. The predicted molar refractivity (Wildman–Crippen MR) is 70.7 cm³/mol. The van der Waals surface area contributed by atoms with E-state index < -0.39 is 12.3 Å². The molecular formula is C15H24F2O. The Kier molecular flexibility index (Phi) is 6.55. The summed E-state index contributed by atoms with van der Waals surface area (Å²) in [6, 6.07) is 0. The molecule has 0 saturated carbocycles. The van der Waals surface area contributed by atoms with E-state index in [0.29, 0.717) is 18.8 Å². The summed E-state index contributed by atoms with van der Waals surface area (Å²) in [6.07, 6.45) is 5.78. The molecule has 0 aliphatic heterocycles. The summed E-state index contributed by atoms with van der Waals surface area (Å²) in [4.78, 5) is 0. The molecule has 104 valence electrons. The lowest BCUT2D eigenvalue weighted by atomic mass is 9.81. The van der Waals surface area contributed by atoms with Crippen LogP contribution in [0.25, 0.3) is 0 Å². The number of aliphatic hydroxyl groups excluding tert-OH is 1. The van der Waals surface area contributed by atoms with Gasteiger partial charge in [0.1, 0.15) is 0 Å². The minimum Gasteiger partial charge on any atom is -0.392 e. The molecular weight excluding hydrogens is 234 g/mol. The van der Waals surface area contributed by atoms with Crippen LogP contribution in [0, 0.1) is 11.8 Å². The summed E-state index contributed by atoms with van der Waals surface area (Å²) in [5, 5.41) is 8.96. The van der Waals surface area contributed by atoms with E-state index in [1.807, 2.05) is 13.0 Å². The van der Waals surface area contributed by atoms with Crippen molar-refractivity contribution in [3.8, 4) is 0 Å². The fraction of sp³-hybridized carbons (Fsp3) is 0.733. The highest BCUT2D eigenvalue weighted by Crippen LogP contribution is 2.34. The summed E-state index contributed by atoms with van der Waals surface area (Å²) in [5.74, 6) is 0.00565. The van der Waals surface area contributed by atoms with Gasteiger partial charge in [-0.15, -0.1) is 0 Å². The van der Waals surface area contributed by atoms with Gasteiger partial charge in [-0.1, -0.05) is 30.2 Å². The highest BCUT2D eigenvalue weighted by Gasteiger charge is 2.24. The molecule has 2 atom stereocenters. The average molecular weight is 258 g/mol. The molecule has 0 amide bonds. The Labute approximate surface area is 109 Å². The SMILES string of the molecule is CCC(C/C=C(\C)CO)C1=CCC(C(F)F)CC1. The van der Waals surface area contributed by atoms with Gasteiger partial charge >= 0.3 is 0 Å². The second kappa shape index (κ2) is 7.67. The lowest BCUT2D eigenvalue weighted by Gasteiger charge is -2.25. The summed E-state index contributed by atoms with van der Waals surface area (Å²) in [6.45, 7) is 4.14. The lowest BCUT2D eigenvalue weighted by Crippen LogP contribution is -2.17. The maximum Gasteiger partial charge on any atom is 0.241 e. The quantitative estimate of drug-likeness (QED) is 0.703. The Morgan fingerprint density at radius 2 is 2.28 bits per heavy atom. The molecule has 1 nitrogen and oxygen atoms in total. The van der Waals surface area contributed by atoms with Crippen LogP contribution < -0.4 is 0 Å².